The Balaban J connectivity index is 1.82. The number of benzene rings is 2. The second kappa shape index (κ2) is 7.98. The molecule has 1 amide bonds. The molecule has 0 unspecified atom stereocenters. The number of likely N-dealkylation sites (tertiary alicyclic amines) is 1. The molecule has 0 N–H and O–H groups in total. The minimum Gasteiger partial charge on any atom is -0.431 e. The van der Waals surface area contributed by atoms with E-state index in [4.69, 9.17) is 4.74 Å². The second-order valence-corrected chi connectivity index (χ2v) is 7.35. The summed E-state index contributed by atoms with van der Waals surface area (Å²) in [6.45, 7) is 5.14. The Morgan fingerprint density at radius 3 is 2.40 bits per heavy atom. The summed E-state index contributed by atoms with van der Waals surface area (Å²) < 4.78 is 7.54. The fourth-order valence-corrected chi connectivity index (χ4v) is 3.53. The Bertz CT molecular complexity index is 1100. The van der Waals surface area contributed by atoms with Crippen molar-refractivity contribution in [2.24, 2.45) is 0 Å². The van der Waals surface area contributed by atoms with Gasteiger partial charge in [0.15, 0.2) is 5.69 Å². The summed E-state index contributed by atoms with van der Waals surface area (Å²) >= 11 is 0. The normalized spacial score (nSPS) is 13.5. The highest BCUT2D eigenvalue weighted by Gasteiger charge is 2.29. The van der Waals surface area contributed by atoms with Crippen LogP contribution in [0.3, 0.4) is 0 Å². The number of ether oxygens (including phenoxy) is 1. The zero-order chi connectivity index (χ0) is 21.3. The lowest BCUT2D eigenvalue weighted by Gasteiger charge is -2.13. The highest BCUT2D eigenvalue weighted by molar-refractivity contribution is 5.94. The van der Waals surface area contributed by atoms with Gasteiger partial charge in [-0.05, 0) is 44.9 Å². The second-order valence-electron chi connectivity index (χ2n) is 7.35. The van der Waals surface area contributed by atoms with Gasteiger partial charge in [0, 0.05) is 24.7 Å². The van der Waals surface area contributed by atoms with E-state index in [9.17, 15) is 14.9 Å². The van der Waals surface area contributed by atoms with E-state index in [2.05, 4.69) is 5.10 Å². The zero-order valence-corrected chi connectivity index (χ0v) is 16.9. The maximum absolute atomic E-state index is 13.0. The molecule has 0 saturated carbocycles. The monoisotopic (exact) mass is 406 g/mol. The van der Waals surface area contributed by atoms with Gasteiger partial charge in [0.2, 0.25) is 11.6 Å². The van der Waals surface area contributed by atoms with Crippen LogP contribution < -0.4 is 4.74 Å². The molecule has 1 saturated heterocycles. The summed E-state index contributed by atoms with van der Waals surface area (Å²) in [7, 11) is 0. The minimum absolute atomic E-state index is 0.0963. The average molecular weight is 406 g/mol. The van der Waals surface area contributed by atoms with Crippen molar-refractivity contribution in [1.82, 2.24) is 14.7 Å². The summed E-state index contributed by atoms with van der Waals surface area (Å²) in [5, 5.41) is 16.0. The fraction of sp³-hybridized carbons (Fsp3) is 0.273. The van der Waals surface area contributed by atoms with Crippen molar-refractivity contribution in [2.45, 2.75) is 26.7 Å². The minimum atomic E-state index is -0.493. The number of nitro benzene ring substituents is 1. The first-order chi connectivity index (χ1) is 14.5. The Morgan fingerprint density at radius 2 is 1.73 bits per heavy atom. The summed E-state index contributed by atoms with van der Waals surface area (Å²) in [5.41, 5.74) is 2.48. The van der Waals surface area contributed by atoms with Gasteiger partial charge in [-0.15, -0.1) is 0 Å². The molecule has 4 rings (SSSR count). The van der Waals surface area contributed by atoms with Crippen LogP contribution in [0, 0.1) is 24.0 Å². The number of nitrogens with zero attached hydrogens (tertiary/aromatic N) is 4. The third-order valence-electron chi connectivity index (χ3n) is 5.21. The molecule has 2 heterocycles. The predicted molar refractivity (Wildman–Crippen MR) is 111 cm³/mol. The standard InChI is InChI=1S/C22H22N4O4/c1-15-9-11-17(12-10-15)25-22(30-19-8-4-3-7-18(19)26(28)29)16(2)20(23-25)21(27)24-13-5-6-14-24/h3-4,7-12H,5-6,13-14H2,1-2H3. The lowest BCUT2D eigenvalue weighted by molar-refractivity contribution is -0.385. The molecule has 1 aliphatic heterocycles. The number of nitro groups is 1. The first kappa shape index (κ1) is 19.6. The molecule has 8 nitrogen and oxygen atoms in total. The van der Waals surface area contributed by atoms with Crippen molar-refractivity contribution < 1.29 is 14.5 Å². The quantitative estimate of drug-likeness (QED) is 0.462. The van der Waals surface area contributed by atoms with Gasteiger partial charge in [0.1, 0.15) is 0 Å². The number of hydrogen-bond acceptors (Lipinski definition) is 5. The number of hydrogen-bond donors (Lipinski definition) is 0. The van der Waals surface area contributed by atoms with Gasteiger partial charge in [0.05, 0.1) is 10.6 Å². The van der Waals surface area contributed by atoms with E-state index in [1.54, 1.807) is 24.0 Å². The molecule has 30 heavy (non-hydrogen) atoms. The van der Waals surface area contributed by atoms with Crippen LogP contribution in [0.15, 0.2) is 48.5 Å². The molecular weight excluding hydrogens is 384 g/mol. The van der Waals surface area contributed by atoms with Gasteiger partial charge < -0.3 is 9.64 Å². The Labute approximate surface area is 173 Å². The van der Waals surface area contributed by atoms with Crippen molar-refractivity contribution in [3.8, 4) is 17.3 Å². The number of rotatable bonds is 5. The number of carbonyl (C=O) groups is 1. The van der Waals surface area contributed by atoms with Crippen molar-refractivity contribution in [2.75, 3.05) is 13.1 Å². The van der Waals surface area contributed by atoms with Crippen LogP contribution in [0.2, 0.25) is 0 Å². The predicted octanol–water partition coefficient (Wildman–Crippen LogP) is 4.43. The molecular formula is C22H22N4O4. The van der Waals surface area contributed by atoms with Gasteiger partial charge in [-0.3, -0.25) is 14.9 Å². The van der Waals surface area contributed by atoms with E-state index < -0.39 is 4.92 Å². The van der Waals surface area contributed by atoms with Crippen LogP contribution in [0.5, 0.6) is 11.6 Å². The maximum Gasteiger partial charge on any atom is 0.311 e. The molecule has 0 aliphatic carbocycles. The van der Waals surface area contributed by atoms with E-state index >= 15 is 0 Å². The van der Waals surface area contributed by atoms with Crippen LogP contribution in [-0.2, 0) is 0 Å². The Kier molecular flexibility index (Phi) is 5.22. The average Bonchev–Trinajstić information content (AvgIpc) is 3.38. The SMILES string of the molecule is Cc1ccc(-n2nc(C(=O)N3CCCC3)c(C)c2Oc2ccccc2[N+](=O)[O-])cc1. The Hall–Kier alpha value is -3.68. The van der Waals surface area contributed by atoms with E-state index in [0.29, 0.717) is 30.0 Å². The van der Waals surface area contributed by atoms with Crippen LogP contribution >= 0.6 is 0 Å². The number of amides is 1. The molecule has 2 aromatic carbocycles. The number of carbonyl (C=O) groups excluding carboxylic acids is 1. The smallest absolute Gasteiger partial charge is 0.311 e. The van der Waals surface area contributed by atoms with Gasteiger partial charge in [-0.1, -0.05) is 29.8 Å². The summed E-state index contributed by atoms with van der Waals surface area (Å²) in [4.78, 5) is 25.7. The van der Waals surface area contributed by atoms with E-state index in [-0.39, 0.29) is 23.2 Å². The molecule has 0 spiro atoms. The maximum atomic E-state index is 13.0. The van der Waals surface area contributed by atoms with Gasteiger partial charge in [-0.2, -0.15) is 9.78 Å². The summed E-state index contributed by atoms with van der Waals surface area (Å²) in [5.74, 6) is 0.234. The van der Waals surface area contributed by atoms with Gasteiger partial charge in [0.25, 0.3) is 5.91 Å². The highest BCUT2D eigenvalue weighted by atomic mass is 16.6. The lowest BCUT2D eigenvalue weighted by Crippen LogP contribution is -2.28. The molecule has 1 aliphatic rings. The third-order valence-corrected chi connectivity index (χ3v) is 5.21. The van der Waals surface area contributed by atoms with E-state index in [1.165, 1.54) is 16.8 Å². The number of para-hydroxylation sites is 2. The lowest BCUT2D eigenvalue weighted by atomic mass is 10.2. The van der Waals surface area contributed by atoms with Crippen molar-refractivity contribution in [3.05, 3.63) is 75.5 Å². The third kappa shape index (κ3) is 3.63. The molecule has 154 valence electrons. The van der Waals surface area contributed by atoms with E-state index in [0.717, 1.165) is 18.4 Å². The highest BCUT2D eigenvalue weighted by Crippen LogP contribution is 2.35. The molecule has 8 heteroatoms. The molecule has 3 aromatic rings. The summed E-state index contributed by atoms with van der Waals surface area (Å²) in [6, 6.07) is 13.8. The van der Waals surface area contributed by atoms with Gasteiger partial charge in [-0.25, -0.2) is 0 Å². The molecule has 0 bridgehead atoms. The van der Waals surface area contributed by atoms with Crippen molar-refractivity contribution in [1.29, 1.82) is 0 Å². The van der Waals surface area contributed by atoms with Crippen molar-refractivity contribution in [3.63, 3.8) is 0 Å². The molecule has 1 fully saturated rings. The number of aryl methyl sites for hydroxylation is 1. The first-order valence-corrected chi connectivity index (χ1v) is 9.83. The Morgan fingerprint density at radius 1 is 1.07 bits per heavy atom. The summed E-state index contributed by atoms with van der Waals surface area (Å²) in [6.07, 6.45) is 1.95. The van der Waals surface area contributed by atoms with Crippen LogP contribution in [0.25, 0.3) is 5.69 Å². The fourth-order valence-electron chi connectivity index (χ4n) is 3.53. The topological polar surface area (TPSA) is 90.5 Å². The van der Waals surface area contributed by atoms with Crippen LogP contribution in [0.1, 0.15) is 34.5 Å². The molecule has 0 radical (unpaired) electrons. The molecule has 0 atom stereocenters. The first-order valence-electron chi connectivity index (χ1n) is 9.83. The van der Waals surface area contributed by atoms with Crippen LogP contribution in [-0.4, -0.2) is 38.6 Å². The zero-order valence-electron chi connectivity index (χ0n) is 16.9. The van der Waals surface area contributed by atoms with Crippen molar-refractivity contribution >= 4 is 11.6 Å². The largest absolute Gasteiger partial charge is 0.431 e. The molecule has 1 aromatic heterocycles. The van der Waals surface area contributed by atoms with Gasteiger partial charge >= 0.3 is 5.69 Å². The number of aromatic nitrogens is 2. The van der Waals surface area contributed by atoms with E-state index in [1.807, 2.05) is 31.2 Å². The van der Waals surface area contributed by atoms with Crippen LogP contribution in [0.4, 0.5) is 5.69 Å².